The van der Waals surface area contributed by atoms with Crippen LogP contribution in [0.5, 0.6) is 0 Å². The topological polar surface area (TPSA) is 57.7 Å². The van der Waals surface area contributed by atoms with Crippen molar-refractivity contribution in [3.8, 4) is 0 Å². The summed E-state index contributed by atoms with van der Waals surface area (Å²) < 4.78 is 25.3. The summed E-state index contributed by atoms with van der Waals surface area (Å²) in [5.41, 5.74) is 3.79. The van der Waals surface area contributed by atoms with E-state index in [0.29, 0.717) is 12.1 Å². The van der Waals surface area contributed by atoms with Gasteiger partial charge in [0, 0.05) is 31.9 Å². The Labute approximate surface area is 142 Å². The van der Waals surface area contributed by atoms with E-state index in [1.54, 1.807) is 17.0 Å². The maximum Gasteiger partial charge on any atom is 0.258 e. The van der Waals surface area contributed by atoms with Gasteiger partial charge in [-0.05, 0) is 49.2 Å². The van der Waals surface area contributed by atoms with Gasteiger partial charge >= 0.3 is 0 Å². The minimum atomic E-state index is -3.48. The zero-order valence-corrected chi connectivity index (χ0v) is 14.8. The summed E-state index contributed by atoms with van der Waals surface area (Å²) in [4.78, 5) is 14.7. The molecule has 0 radical (unpaired) electrons. The van der Waals surface area contributed by atoms with E-state index in [2.05, 4.69) is 6.07 Å². The molecule has 0 saturated carbocycles. The number of benzene rings is 2. The van der Waals surface area contributed by atoms with Gasteiger partial charge in [-0.2, -0.15) is 0 Å². The fourth-order valence-electron chi connectivity index (χ4n) is 2.88. The number of amides is 1. The summed E-state index contributed by atoms with van der Waals surface area (Å²) in [6.45, 7) is 2.68. The molecule has 0 fully saturated rings. The number of anilines is 1. The number of nitrogens with zero attached hydrogens (tertiary/aromatic N) is 2. The van der Waals surface area contributed by atoms with Crippen molar-refractivity contribution in [3.63, 3.8) is 0 Å². The van der Waals surface area contributed by atoms with Gasteiger partial charge in [0.05, 0.1) is 4.90 Å². The molecule has 1 amide bonds. The second-order valence-corrected chi connectivity index (χ2v) is 8.30. The number of hydrogen-bond acceptors (Lipinski definition) is 3. The molecule has 0 saturated heterocycles. The van der Waals surface area contributed by atoms with Gasteiger partial charge in [-0.1, -0.05) is 17.7 Å². The molecule has 2 aromatic carbocycles. The molecule has 1 aliphatic rings. The van der Waals surface area contributed by atoms with Crippen LogP contribution < -0.4 is 4.90 Å². The molecule has 5 nitrogen and oxygen atoms in total. The fraction of sp³-hybridized carbons (Fsp3) is 0.278. The lowest BCUT2D eigenvalue weighted by molar-refractivity contribution is 0.0989. The highest BCUT2D eigenvalue weighted by Crippen LogP contribution is 2.30. The van der Waals surface area contributed by atoms with Crippen molar-refractivity contribution in [2.45, 2.75) is 18.2 Å². The maximum absolute atomic E-state index is 12.8. The van der Waals surface area contributed by atoms with Crippen LogP contribution in [0.1, 0.15) is 21.5 Å². The first kappa shape index (κ1) is 16.7. The van der Waals surface area contributed by atoms with E-state index in [1.165, 1.54) is 37.4 Å². The molecular formula is C18H20N2O3S. The maximum atomic E-state index is 12.8. The molecule has 6 heteroatoms. The Morgan fingerprint density at radius 3 is 2.38 bits per heavy atom. The second-order valence-electron chi connectivity index (χ2n) is 6.15. The highest BCUT2D eigenvalue weighted by Gasteiger charge is 2.26. The molecule has 0 unspecified atom stereocenters. The van der Waals surface area contributed by atoms with Crippen LogP contribution in [0.2, 0.25) is 0 Å². The lowest BCUT2D eigenvalue weighted by Crippen LogP contribution is -2.29. The Bertz CT molecular complexity index is 887. The molecule has 126 valence electrons. The average molecular weight is 344 g/mol. The van der Waals surface area contributed by atoms with Crippen LogP contribution in [-0.2, 0) is 16.4 Å². The van der Waals surface area contributed by atoms with Gasteiger partial charge in [-0.3, -0.25) is 4.79 Å². The number of sulfonamides is 1. The molecule has 1 aliphatic heterocycles. The quantitative estimate of drug-likeness (QED) is 0.859. The molecule has 24 heavy (non-hydrogen) atoms. The zero-order valence-electron chi connectivity index (χ0n) is 14.0. The first-order chi connectivity index (χ1) is 11.3. The monoisotopic (exact) mass is 344 g/mol. The van der Waals surface area contributed by atoms with Gasteiger partial charge in [0.1, 0.15) is 0 Å². The lowest BCUT2D eigenvalue weighted by Gasteiger charge is -2.18. The van der Waals surface area contributed by atoms with E-state index in [-0.39, 0.29) is 10.8 Å². The summed E-state index contributed by atoms with van der Waals surface area (Å²) in [6, 6.07) is 12.2. The van der Waals surface area contributed by atoms with E-state index in [4.69, 9.17) is 0 Å². The predicted octanol–water partition coefficient (Wildman–Crippen LogP) is 2.45. The first-order valence-corrected chi connectivity index (χ1v) is 9.19. The van der Waals surface area contributed by atoms with Crippen molar-refractivity contribution < 1.29 is 13.2 Å². The van der Waals surface area contributed by atoms with Gasteiger partial charge in [-0.15, -0.1) is 0 Å². The number of fused-ring (bicyclic) bond motifs is 1. The van der Waals surface area contributed by atoms with Crippen molar-refractivity contribution in [1.29, 1.82) is 0 Å². The van der Waals surface area contributed by atoms with Crippen molar-refractivity contribution in [3.05, 3.63) is 59.2 Å². The summed E-state index contributed by atoms with van der Waals surface area (Å²) >= 11 is 0. The van der Waals surface area contributed by atoms with Crippen molar-refractivity contribution >= 4 is 21.6 Å². The zero-order chi connectivity index (χ0) is 17.5. The fourth-order valence-corrected chi connectivity index (χ4v) is 3.78. The van der Waals surface area contributed by atoms with Gasteiger partial charge in [0.15, 0.2) is 0 Å². The van der Waals surface area contributed by atoms with Crippen LogP contribution in [0, 0.1) is 6.92 Å². The lowest BCUT2D eigenvalue weighted by atomic mass is 10.1. The summed E-state index contributed by atoms with van der Waals surface area (Å²) in [5, 5.41) is 0. The van der Waals surface area contributed by atoms with Gasteiger partial charge in [0.25, 0.3) is 5.91 Å². The number of rotatable bonds is 3. The highest BCUT2D eigenvalue weighted by molar-refractivity contribution is 7.89. The third kappa shape index (κ3) is 2.83. The second kappa shape index (κ2) is 6.03. The molecule has 0 N–H and O–H groups in total. The van der Waals surface area contributed by atoms with E-state index < -0.39 is 10.0 Å². The van der Waals surface area contributed by atoms with Gasteiger partial charge < -0.3 is 4.90 Å². The van der Waals surface area contributed by atoms with Gasteiger partial charge in [0.2, 0.25) is 10.0 Å². The number of aryl methyl sites for hydroxylation is 1. The Hall–Kier alpha value is -2.18. The van der Waals surface area contributed by atoms with Gasteiger partial charge in [-0.25, -0.2) is 12.7 Å². The normalized spacial score (nSPS) is 14.1. The van der Waals surface area contributed by atoms with Crippen LogP contribution >= 0.6 is 0 Å². The highest BCUT2D eigenvalue weighted by atomic mass is 32.2. The molecule has 0 atom stereocenters. The summed E-state index contributed by atoms with van der Waals surface area (Å²) in [6.07, 6.45) is 0.843. The average Bonchev–Trinajstić information content (AvgIpc) is 2.97. The summed E-state index contributed by atoms with van der Waals surface area (Å²) in [5.74, 6) is -0.105. The molecule has 0 bridgehead atoms. The third-order valence-electron chi connectivity index (χ3n) is 4.26. The van der Waals surface area contributed by atoms with Crippen molar-refractivity contribution in [1.82, 2.24) is 4.31 Å². The number of carbonyl (C=O) groups excluding carboxylic acids is 1. The van der Waals surface area contributed by atoms with Crippen LogP contribution in [0.4, 0.5) is 5.69 Å². The smallest absolute Gasteiger partial charge is 0.258 e. The molecule has 0 aliphatic carbocycles. The largest absolute Gasteiger partial charge is 0.308 e. The van der Waals surface area contributed by atoms with E-state index in [1.807, 2.05) is 19.1 Å². The standard InChI is InChI=1S/C18H20N2O3S/c1-13-4-9-17-15(12-13)10-11-20(17)18(21)14-5-7-16(8-6-14)24(22,23)19(2)3/h4-9,12H,10-11H2,1-3H3. The van der Waals surface area contributed by atoms with E-state index >= 15 is 0 Å². The Morgan fingerprint density at radius 1 is 1.08 bits per heavy atom. The van der Waals surface area contributed by atoms with Crippen LogP contribution in [0.3, 0.4) is 0 Å². The van der Waals surface area contributed by atoms with Crippen LogP contribution in [-0.4, -0.2) is 39.3 Å². The van der Waals surface area contributed by atoms with Crippen LogP contribution in [0.15, 0.2) is 47.4 Å². The molecule has 0 aromatic heterocycles. The Balaban J connectivity index is 1.88. The Morgan fingerprint density at radius 2 is 1.75 bits per heavy atom. The van der Waals surface area contributed by atoms with Crippen LogP contribution in [0.25, 0.3) is 0 Å². The van der Waals surface area contributed by atoms with Crippen molar-refractivity contribution in [2.75, 3.05) is 25.5 Å². The van der Waals surface area contributed by atoms with E-state index in [0.717, 1.165) is 16.4 Å². The van der Waals surface area contributed by atoms with E-state index in [9.17, 15) is 13.2 Å². The third-order valence-corrected chi connectivity index (χ3v) is 6.08. The molecule has 2 aromatic rings. The molecule has 0 spiro atoms. The first-order valence-electron chi connectivity index (χ1n) is 7.74. The molecule has 3 rings (SSSR count). The number of carbonyl (C=O) groups is 1. The minimum absolute atomic E-state index is 0.105. The Kier molecular flexibility index (Phi) is 4.19. The SMILES string of the molecule is Cc1ccc2c(c1)CCN2C(=O)c1ccc(S(=O)(=O)N(C)C)cc1. The van der Waals surface area contributed by atoms with Crippen molar-refractivity contribution in [2.24, 2.45) is 0 Å². The molecular weight excluding hydrogens is 324 g/mol. The number of hydrogen-bond donors (Lipinski definition) is 0. The molecule has 1 heterocycles. The predicted molar refractivity (Wildman–Crippen MR) is 93.9 cm³/mol. The summed E-state index contributed by atoms with van der Waals surface area (Å²) in [7, 11) is -0.516. The minimum Gasteiger partial charge on any atom is -0.308 e.